The molecule has 24 heavy (non-hydrogen) atoms. The minimum absolute atomic E-state index is 0.0401. The van der Waals surface area contributed by atoms with Crippen molar-refractivity contribution in [3.05, 3.63) is 47.6 Å². The third kappa shape index (κ3) is 3.33. The van der Waals surface area contributed by atoms with E-state index in [2.05, 4.69) is 29.3 Å². The molecule has 1 N–H and O–H groups in total. The van der Waals surface area contributed by atoms with Crippen LogP contribution < -0.4 is 5.32 Å². The van der Waals surface area contributed by atoms with Gasteiger partial charge in [0.1, 0.15) is 0 Å². The van der Waals surface area contributed by atoms with Crippen LogP contribution in [0.5, 0.6) is 0 Å². The number of hydrogen-bond donors (Lipinski definition) is 1. The van der Waals surface area contributed by atoms with Crippen molar-refractivity contribution in [2.24, 2.45) is 0 Å². The third-order valence-corrected chi connectivity index (χ3v) is 4.72. The molecule has 6 heteroatoms. The fraction of sp³-hybridized carbons (Fsp3) is 0.500. The summed E-state index contributed by atoms with van der Waals surface area (Å²) in [4.78, 5) is 19.0. The first-order valence-corrected chi connectivity index (χ1v) is 8.62. The highest BCUT2D eigenvalue weighted by Crippen LogP contribution is 2.26. The second-order valence-corrected chi connectivity index (χ2v) is 6.13. The van der Waals surface area contributed by atoms with Gasteiger partial charge in [-0.25, -0.2) is 0 Å². The molecular formula is C18H24N4O2. The van der Waals surface area contributed by atoms with Crippen molar-refractivity contribution in [3.63, 3.8) is 0 Å². The van der Waals surface area contributed by atoms with Crippen LogP contribution in [0.3, 0.4) is 0 Å². The molecule has 0 aromatic carbocycles. The summed E-state index contributed by atoms with van der Waals surface area (Å²) in [5.41, 5.74) is 1.90. The van der Waals surface area contributed by atoms with E-state index in [4.69, 9.17) is 4.52 Å². The van der Waals surface area contributed by atoms with Crippen LogP contribution in [0.2, 0.25) is 0 Å². The van der Waals surface area contributed by atoms with E-state index in [1.807, 2.05) is 29.3 Å². The summed E-state index contributed by atoms with van der Waals surface area (Å²) in [6.07, 6.45) is 5.53. The maximum atomic E-state index is 12.9. The zero-order valence-corrected chi connectivity index (χ0v) is 14.2. The minimum Gasteiger partial charge on any atom is -0.351 e. The Morgan fingerprint density at radius 1 is 1.46 bits per heavy atom. The molecule has 1 amide bonds. The van der Waals surface area contributed by atoms with Gasteiger partial charge in [0.2, 0.25) is 5.76 Å². The maximum Gasteiger partial charge on any atom is 0.293 e. The Morgan fingerprint density at radius 3 is 3.00 bits per heavy atom. The van der Waals surface area contributed by atoms with Crippen molar-refractivity contribution >= 4 is 5.91 Å². The number of amides is 1. The molecular weight excluding hydrogens is 304 g/mol. The normalized spacial score (nSPS) is 18.1. The van der Waals surface area contributed by atoms with E-state index in [0.717, 1.165) is 30.6 Å². The summed E-state index contributed by atoms with van der Waals surface area (Å²) in [6.45, 7) is 6.37. The number of carbonyl (C=O) groups excluding carboxylic acids is 1. The van der Waals surface area contributed by atoms with Crippen LogP contribution in [0.4, 0.5) is 0 Å². The second kappa shape index (κ2) is 7.57. The minimum atomic E-state index is -0.102. The third-order valence-electron chi connectivity index (χ3n) is 4.72. The summed E-state index contributed by atoms with van der Waals surface area (Å²) in [5, 5.41) is 7.46. The lowest BCUT2D eigenvalue weighted by molar-refractivity contribution is 0.0591. The van der Waals surface area contributed by atoms with Crippen molar-refractivity contribution in [3.8, 4) is 0 Å². The largest absolute Gasteiger partial charge is 0.351 e. The van der Waals surface area contributed by atoms with Gasteiger partial charge in [-0.2, -0.15) is 0 Å². The summed E-state index contributed by atoms with van der Waals surface area (Å²) >= 11 is 0. The number of aromatic nitrogens is 2. The van der Waals surface area contributed by atoms with Crippen molar-refractivity contribution in [1.29, 1.82) is 0 Å². The Morgan fingerprint density at radius 2 is 2.29 bits per heavy atom. The van der Waals surface area contributed by atoms with E-state index < -0.39 is 0 Å². The number of hydrogen-bond acceptors (Lipinski definition) is 5. The number of nitrogens with one attached hydrogen (secondary N) is 1. The molecule has 1 aliphatic heterocycles. The average molecular weight is 328 g/mol. The Balaban J connectivity index is 1.82. The molecule has 0 aliphatic carbocycles. The molecule has 1 saturated heterocycles. The van der Waals surface area contributed by atoms with Crippen LogP contribution >= 0.6 is 0 Å². The summed E-state index contributed by atoms with van der Waals surface area (Å²) in [6, 6.07) is 5.66. The SMILES string of the molecule is CCC(CC)c1cc(C(=O)N2CCNCC2c2cccnc2)on1. The fourth-order valence-corrected chi connectivity index (χ4v) is 3.25. The number of nitrogens with zero attached hydrogens (tertiary/aromatic N) is 3. The Hall–Kier alpha value is -2.21. The van der Waals surface area contributed by atoms with Gasteiger partial charge in [-0.15, -0.1) is 0 Å². The molecule has 2 aromatic heterocycles. The predicted octanol–water partition coefficient (Wildman–Crippen LogP) is 2.76. The van der Waals surface area contributed by atoms with Crippen LogP contribution in [0, 0.1) is 0 Å². The van der Waals surface area contributed by atoms with Gasteiger partial charge in [-0.3, -0.25) is 9.78 Å². The quantitative estimate of drug-likeness (QED) is 0.914. The van der Waals surface area contributed by atoms with Crippen LogP contribution in [-0.2, 0) is 0 Å². The molecule has 1 fully saturated rings. The van der Waals surface area contributed by atoms with Gasteiger partial charge in [-0.1, -0.05) is 25.1 Å². The van der Waals surface area contributed by atoms with E-state index >= 15 is 0 Å². The number of pyridine rings is 1. The van der Waals surface area contributed by atoms with E-state index in [-0.39, 0.29) is 11.9 Å². The lowest BCUT2D eigenvalue weighted by atomic mass is 9.99. The van der Waals surface area contributed by atoms with Gasteiger partial charge in [0, 0.05) is 44.0 Å². The van der Waals surface area contributed by atoms with E-state index in [1.165, 1.54) is 0 Å². The van der Waals surface area contributed by atoms with E-state index in [1.54, 1.807) is 6.20 Å². The van der Waals surface area contributed by atoms with Gasteiger partial charge in [0.05, 0.1) is 11.7 Å². The van der Waals surface area contributed by atoms with Crippen molar-refractivity contribution in [1.82, 2.24) is 20.4 Å². The van der Waals surface area contributed by atoms with Gasteiger partial charge in [0.25, 0.3) is 5.91 Å². The lowest BCUT2D eigenvalue weighted by Gasteiger charge is -2.35. The first kappa shape index (κ1) is 16.6. The molecule has 3 rings (SSSR count). The van der Waals surface area contributed by atoms with Crippen LogP contribution in [-0.4, -0.2) is 40.6 Å². The molecule has 2 aromatic rings. The fourth-order valence-electron chi connectivity index (χ4n) is 3.25. The lowest BCUT2D eigenvalue weighted by Crippen LogP contribution is -2.48. The van der Waals surface area contributed by atoms with Crippen LogP contribution in [0.25, 0.3) is 0 Å². The van der Waals surface area contributed by atoms with E-state index in [0.29, 0.717) is 24.8 Å². The number of rotatable bonds is 5. The number of piperazine rings is 1. The Labute approximate surface area is 142 Å². The standard InChI is InChI=1S/C18H24N4O2/c1-3-13(4-2)15-10-17(24-21-15)18(23)22-9-8-20-12-16(22)14-6-5-7-19-11-14/h5-7,10-11,13,16,20H,3-4,8-9,12H2,1-2H3. The second-order valence-electron chi connectivity index (χ2n) is 6.13. The van der Waals surface area contributed by atoms with Crippen molar-refractivity contribution in [2.45, 2.75) is 38.6 Å². The predicted molar refractivity (Wildman–Crippen MR) is 90.7 cm³/mol. The molecule has 0 radical (unpaired) electrons. The van der Waals surface area contributed by atoms with Crippen LogP contribution in [0.15, 0.2) is 35.1 Å². The Bertz CT molecular complexity index is 667. The van der Waals surface area contributed by atoms with Crippen molar-refractivity contribution < 1.29 is 9.32 Å². The zero-order valence-electron chi connectivity index (χ0n) is 14.2. The first-order valence-electron chi connectivity index (χ1n) is 8.62. The molecule has 1 unspecified atom stereocenters. The maximum absolute atomic E-state index is 12.9. The van der Waals surface area contributed by atoms with Gasteiger partial charge in [0.15, 0.2) is 0 Å². The van der Waals surface area contributed by atoms with Crippen LogP contribution in [0.1, 0.15) is 60.5 Å². The molecule has 0 saturated carbocycles. The topological polar surface area (TPSA) is 71.3 Å². The summed E-state index contributed by atoms with van der Waals surface area (Å²) in [5.74, 6) is 0.565. The molecule has 0 spiro atoms. The monoisotopic (exact) mass is 328 g/mol. The van der Waals surface area contributed by atoms with Gasteiger partial charge in [-0.05, 0) is 24.5 Å². The average Bonchev–Trinajstić information content (AvgIpc) is 3.13. The summed E-state index contributed by atoms with van der Waals surface area (Å²) < 4.78 is 5.37. The molecule has 6 nitrogen and oxygen atoms in total. The highest BCUT2D eigenvalue weighted by atomic mass is 16.5. The van der Waals surface area contributed by atoms with E-state index in [9.17, 15) is 4.79 Å². The van der Waals surface area contributed by atoms with Gasteiger partial charge >= 0.3 is 0 Å². The van der Waals surface area contributed by atoms with Gasteiger partial charge < -0.3 is 14.7 Å². The first-order chi connectivity index (χ1) is 11.7. The van der Waals surface area contributed by atoms with Crippen molar-refractivity contribution in [2.75, 3.05) is 19.6 Å². The summed E-state index contributed by atoms with van der Waals surface area (Å²) in [7, 11) is 0. The highest BCUT2D eigenvalue weighted by Gasteiger charge is 2.31. The molecule has 3 heterocycles. The Kier molecular flexibility index (Phi) is 5.25. The molecule has 128 valence electrons. The molecule has 0 bridgehead atoms. The number of carbonyl (C=O) groups is 1. The molecule has 1 atom stereocenters. The smallest absolute Gasteiger partial charge is 0.293 e. The molecule has 1 aliphatic rings. The highest BCUT2D eigenvalue weighted by molar-refractivity contribution is 5.92. The zero-order chi connectivity index (χ0) is 16.9.